The van der Waals surface area contributed by atoms with Crippen LogP contribution in [0.4, 0.5) is 17.1 Å². The van der Waals surface area contributed by atoms with Crippen LogP contribution in [0.3, 0.4) is 0 Å². The van der Waals surface area contributed by atoms with Crippen molar-refractivity contribution < 1.29 is 9.66 Å². The Labute approximate surface area is 147 Å². The van der Waals surface area contributed by atoms with Gasteiger partial charge in [0.05, 0.1) is 22.9 Å². The van der Waals surface area contributed by atoms with Crippen LogP contribution in [0.1, 0.15) is 37.3 Å². The lowest BCUT2D eigenvalue weighted by Crippen LogP contribution is -1.97. The van der Waals surface area contributed by atoms with E-state index in [1.54, 1.807) is 12.1 Å². The van der Waals surface area contributed by atoms with Crippen molar-refractivity contribution in [3.63, 3.8) is 0 Å². The highest BCUT2D eigenvalue weighted by molar-refractivity contribution is 5.55. The van der Waals surface area contributed by atoms with Crippen LogP contribution in [0.2, 0.25) is 0 Å². The van der Waals surface area contributed by atoms with E-state index in [1.165, 1.54) is 25.0 Å². The predicted octanol–water partition coefficient (Wildman–Crippen LogP) is 6.20. The normalized spacial score (nSPS) is 11.0. The average molecular weight is 341 g/mol. The molecule has 2 aromatic carbocycles. The first-order chi connectivity index (χ1) is 12.0. The first-order valence-electron chi connectivity index (χ1n) is 8.41. The molecule has 0 bridgehead atoms. The Hall–Kier alpha value is -2.76. The van der Waals surface area contributed by atoms with Crippen molar-refractivity contribution in [1.82, 2.24) is 0 Å². The number of nitro benzene ring substituents is 1. The molecular weight excluding hydrogens is 318 g/mol. The summed E-state index contributed by atoms with van der Waals surface area (Å²) in [6.45, 7) is 6.82. The van der Waals surface area contributed by atoms with Gasteiger partial charge < -0.3 is 4.74 Å². The summed E-state index contributed by atoms with van der Waals surface area (Å²) in [4.78, 5) is 10.2. The van der Waals surface area contributed by atoms with E-state index in [1.807, 2.05) is 26.0 Å². The van der Waals surface area contributed by atoms with Crippen molar-refractivity contribution in [3.05, 3.63) is 57.6 Å². The molecule has 0 radical (unpaired) electrons. The molecule has 0 aromatic heterocycles. The quantitative estimate of drug-likeness (QED) is 0.248. The molecule has 132 valence electrons. The maximum atomic E-state index is 10.7. The number of ether oxygens (including phenoxy) is 1. The number of rotatable bonds is 8. The van der Waals surface area contributed by atoms with E-state index >= 15 is 0 Å². The molecule has 2 aromatic rings. The number of non-ortho nitro benzene ring substituents is 1. The third-order valence-electron chi connectivity index (χ3n) is 3.81. The second-order valence-corrected chi connectivity index (χ2v) is 5.93. The SMILES string of the molecule is CCCCCOc1cc(C)c(/N=N/c2ccc([N+](=O)[O-])cc2)c(C)c1. The number of nitro groups is 1. The summed E-state index contributed by atoms with van der Waals surface area (Å²) in [6, 6.07) is 9.92. The first kappa shape index (κ1) is 18.6. The van der Waals surface area contributed by atoms with E-state index in [9.17, 15) is 10.1 Å². The van der Waals surface area contributed by atoms with Crippen LogP contribution in [0.5, 0.6) is 5.75 Å². The zero-order valence-corrected chi connectivity index (χ0v) is 14.9. The molecule has 0 unspecified atom stereocenters. The van der Waals surface area contributed by atoms with Crippen molar-refractivity contribution >= 4 is 17.1 Å². The summed E-state index contributed by atoms with van der Waals surface area (Å²) in [7, 11) is 0. The number of unbranched alkanes of at least 4 members (excludes halogenated alkanes) is 2. The summed E-state index contributed by atoms with van der Waals surface area (Å²) >= 11 is 0. The van der Waals surface area contributed by atoms with E-state index in [4.69, 9.17) is 4.74 Å². The van der Waals surface area contributed by atoms with Gasteiger partial charge in [-0.3, -0.25) is 10.1 Å². The van der Waals surface area contributed by atoms with E-state index in [0.717, 1.165) is 35.6 Å². The van der Waals surface area contributed by atoms with Crippen LogP contribution in [0, 0.1) is 24.0 Å². The lowest BCUT2D eigenvalue weighted by Gasteiger charge is -2.10. The van der Waals surface area contributed by atoms with Crippen LogP contribution >= 0.6 is 0 Å². The Balaban J connectivity index is 2.09. The van der Waals surface area contributed by atoms with Crippen molar-refractivity contribution in [2.75, 3.05) is 6.61 Å². The molecule has 25 heavy (non-hydrogen) atoms. The van der Waals surface area contributed by atoms with Crippen LogP contribution in [-0.2, 0) is 0 Å². The molecule has 0 N–H and O–H groups in total. The van der Waals surface area contributed by atoms with E-state index in [0.29, 0.717) is 5.69 Å². The Morgan fingerprint density at radius 3 is 2.24 bits per heavy atom. The highest BCUT2D eigenvalue weighted by Crippen LogP contribution is 2.30. The molecule has 2 rings (SSSR count). The average Bonchev–Trinajstić information content (AvgIpc) is 2.58. The number of nitrogens with zero attached hydrogens (tertiary/aromatic N) is 3. The second-order valence-electron chi connectivity index (χ2n) is 5.93. The molecule has 0 aliphatic rings. The van der Waals surface area contributed by atoms with Gasteiger partial charge in [-0.15, -0.1) is 0 Å². The number of aryl methyl sites for hydroxylation is 2. The summed E-state index contributed by atoms with van der Waals surface area (Å²) in [5.41, 5.74) is 3.37. The van der Waals surface area contributed by atoms with Crippen molar-refractivity contribution in [1.29, 1.82) is 0 Å². The van der Waals surface area contributed by atoms with Gasteiger partial charge in [0.25, 0.3) is 5.69 Å². The minimum atomic E-state index is -0.436. The monoisotopic (exact) mass is 341 g/mol. The fourth-order valence-electron chi connectivity index (χ4n) is 2.45. The molecule has 0 spiro atoms. The van der Waals surface area contributed by atoms with E-state index < -0.39 is 4.92 Å². The first-order valence-corrected chi connectivity index (χ1v) is 8.41. The molecule has 0 aliphatic heterocycles. The minimum absolute atomic E-state index is 0.0379. The number of benzene rings is 2. The molecule has 0 amide bonds. The highest BCUT2D eigenvalue weighted by atomic mass is 16.6. The molecule has 0 saturated heterocycles. The van der Waals surface area contributed by atoms with Gasteiger partial charge >= 0.3 is 0 Å². The maximum Gasteiger partial charge on any atom is 0.269 e. The fourth-order valence-corrected chi connectivity index (χ4v) is 2.45. The largest absolute Gasteiger partial charge is 0.494 e. The van der Waals surface area contributed by atoms with Gasteiger partial charge in [0.1, 0.15) is 5.75 Å². The zero-order chi connectivity index (χ0) is 18.2. The van der Waals surface area contributed by atoms with E-state index in [-0.39, 0.29) is 5.69 Å². The Bertz CT molecular complexity index is 732. The molecule has 0 atom stereocenters. The Kier molecular flexibility index (Phi) is 6.62. The van der Waals surface area contributed by atoms with Crippen LogP contribution < -0.4 is 4.74 Å². The Morgan fingerprint density at radius 2 is 1.68 bits per heavy atom. The zero-order valence-electron chi connectivity index (χ0n) is 14.9. The summed E-state index contributed by atoms with van der Waals surface area (Å²) < 4.78 is 5.79. The van der Waals surface area contributed by atoms with Crippen LogP contribution in [-0.4, -0.2) is 11.5 Å². The maximum absolute atomic E-state index is 10.7. The Morgan fingerprint density at radius 1 is 1.04 bits per heavy atom. The van der Waals surface area contributed by atoms with Gasteiger partial charge in [-0.25, -0.2) is 0 Å². The summed E-state index contributed by atoms with van der Waals surface area (Å²) in [5, 5.41) is 19.1. The standard InChI is InChI=1S/C19H23N3O3/c1-4-5-6-11-25-18-12-14(2)19(15(3)13-18)21-20-16-7-9-17(10-8-16)22(23)24/h7-10,12-13H,4-6,11H2,1-3H3/b21-20+. The lowest BCUT2D eigenvalue weighted by atomic mass is 10.1. The second kappa shape index (κ2) is 8.92. The number of hydrogen-bond acceptors (Lipinski definition) is 5. The van der Waals surface area contributed by atoms with E-state index in [2.05, 4.69) is 17.2 Å². The minimum Gasteiger partial charge on any atom is -0.494 e. The summed E-state index contributed by atoms with van der Waals surface area (Å²) in [6.07, 6.45) is 3.39. The highest BCUT2D eigenvalue weighted by Gasteiger charge is 2.07. The molecule has 0 aliphatic carbocycles. The molecule has 6 heteroatoms. The number of hydrogen-bond donors (Lipinski definition) is 0. The lowest BCUT2D eigenvalue weighted by molar-refractivity contribution is -0.384. The topological polar surface area (TPSA) is 77.1 Å². The molecule has 0 saturated carbocycles. The van der Waals surface area contributed by atoms with Gasteiger partial charge in [-0.2, -0.15) is 10.2 Å². The van der Waals surface area contributed by atoms with Gasteiger partial charge in [-0.1, -0.05) is 19.8 Å². The van der Waals surface area contributed by atoms with Gasteiger partial charge in [-0.05, 0) is 55.7 Å². The van der Waals surface area contributed by atoms with Crippen molar-refractivity contribution in [2.24, 2.45) is 10.2 Å². The molecule has 6 nitrogen and oxygen atoms in total. The predicted molar refractivity (Wildman–Crippen MR) is 98.2 cm³/mol. The van der Waals surface area contributed by atoms with Gasteiger partial charge in [0.15, 0.2) is 0 Å². The van der Waals surface area contributed by atoms with Gasteiger partial charge in [0.2, 0.25) is 0 Å². The van der Waals surface area contributed by atoms with Crippen molar-refractivity contribution in [2.45, 2.75) is 40.0 Å². The molecule has 0 heterocycles. The van der Waals surface area contributed by atoms with Crippen LogP contribution in [0.25, 0.3) is 0 Å². The molecule has 0 fully saturated rings. The van der Waals surface area contributed by atoms with Crippen molar-refractivity contribution in [3.8, 4) is 5.75 Å². The number of azo groups is 1. The fraction of sp³-hybridized carbons (Fsp3) is 0.368. The smallest absolute Gasteiger partial charge is 0.269 e. The van der Waals surface area contributed by atoms with Crippen LogP contribution in [0.15, 0.2) is 46.6 Å². The van der Waals surface area contributed by atoms with Gasteiger partial charge in [0, 0.05) is 12.1 Å². The third kappa shape index (κ3) is 5.38. The molecular formula is C19H23N3O3. The third-order valence-corrected chi connectivity index (χ3v) is 3.81. The summed E-state index contributed by atoms with van der Waals surface area (Å²) in [5.74, 6) is 0.848.